The number of Topliss-reactive ketones (excluding diaryl/α,β-unsaturated/α-hetero) is 1. The molecule has 2 aromatic carbocycles. The molecule has 1 aliphatic rings. The third-order valence-corrected chi connectivity index (χ3v) is 10.2. The number of carbonyl (C=O) groups is 3. The van der Waals surface area contributed by atoms with E-state index in [-0.39, 0.29) is 43.0 Å². The summed E-state index contributed by atoms with van der Waals surface area (Å²) in [6.07, 6.45) is 3.23. The lowest BCUT2D eigenvalue weighted by Gasteiger charge is -2.15. The van der Waals surface area contributed by atoms with Crippen LogP contribution >= 0.6 is 22.9 Å². The fraction of sp³-hybridized carbons (Fsp3) is 0.429. The van der Waals surface area contributed by atoms with Crippen LogP contribution in [0.2, 0.25) is 5.02 Å². The van der Waals surface area contributed by atoms with Crippen LogP contribution in [0, 0.1) is 0 Å². The van der Waals surface area contributed by atoms with E-state index in [0.29, 0.717) is 45.6 Å². The van der Waals surface area contributed by atoms with Gasteiger partial charge in [0.15, 0.2) is 20.9 Å². The molecule has 4 rings (SSSR count). The molecule has 0 spiro atoms. The summed E-state index contributed by atoms with van der Waals surface area (Å²) in [4.78, 5) is 42.0. The molecular formula is C28H32ClN3O7S2. The molecule has 0 aliphatic heterocycles. The zero-order valence-corrected chi connectivity index (χ0v) is 24.7. The summed E-state index contributed by atoms with van der Waals surface area (Å²) >= 11 is 7.61. The number of rotatable bonds is 15. The van der Waals surface area contributed by atoms with Gasteiger partial charge in [-0.05, 0) is 49.8 Å². The van der Waals surface area contributed by atoms with E-state index >= 15 is 0 Å². The molecule has 3 aromatic rings. The van der Waals surface area contributed by atoms with Gasteiger partial charge in [-0.25, -0.2) is 13.4 Å². The number of aromatic nitrogens is 1. The van der Waals surface area contributed by atoms with Crippen LogP contribution in [-0.4, -0.2) is 72.8 Å². The number of benzene rings is 2. The largest absolute Gasteiger partial charge is 0.396 e. The Morgan fingerprint density at radius 3 is 2.41 bits per heavy atom. The number of hydrogen-bond donors (Lipinski definition) is 4. The first-order valence-corrected chi connectivity index (χ1v) is 16.3. The minimum atomic E-state index is -4.07. The van der Waals surface area contributed by atoms with Gasteiger partial charge in [0, 0.05) is 36.8 Å². The number of thiazole rings is 1. The van der Waals surface area contributed by atoms with Crippen LogP contribution in [0.15, 0.2) is 36.4 Å². The van der Waals surface area contributed by atoms with E-state index in [1.54, 1.807) is 36.4 Å². The topological polar surface area (TPSA) is 163 Å². The van der Waals surface area contributed by atoms with Crippen molar-refractivity contribution in [2.75, 3.05) is 25.5 Å². The predicted octanol–water partition coefficient (Wildman–Crippen LogP) is 3.20. The lowest BCUT2D eigenvalue weighted by Crippen LogP contribution is -2.41. The number of aliphatic hydroxyl groups is 2. The van der Waals surface area contributed by atoms with Crippen molar-refractivity contribution in [2.24, 2.45) is 0 Å². The smallest absolute Gasteiger partial charge is 0.245 e. The molecule has 4 N–H and O–H groups in total. The van der Waals surface area contributed by atoms with Gasteiger partial charge in [-0.3, -0.25) is 14.4 Å². The highest BCUT2D eigenvalue weighted by molar-refractivity contribution is 7.92. The highest BCUT2D eigenvalue weighted by Gasteiger charge is 2.37. The summed E-state index contributed by atoms with van der Waals surface area (Å²) in [7, 11) is -4.07. The van der Waals surface area contributed by atoms with E-state index in [0.717, 1.165) is 29.7 Å². The maximum absolute atomic E-state index is 13.2. The molecular weight excluding hydrogens is 590 g/mol. The SMILES string of the molecule is O=C(CNC(=O)C(c1nc2cc(Cl)c(-c3ccc(C(=O)CCCCO)cc3)cc2s1)S(=O)(=O)CCCO)NC1CC1. The quantitative estimate of drug-likeness (QED) is 0.148. The van der Waals surface area contributed by atoms with Crippen LogP contribution < -0.4 is 10.6 Å². The van der Waals surface area contributed by atoms with Gasteiger partial charge in [0.05, 0.1) is 27.5 Å². The zero-order chi connectivity index (χ0) is 29.6. The lowest BCUT2D eigenvalue weighted by molar-refractivity contribution is -0.126. The molecule has 1 aromatic heterocycles. The Hall–Kier alpha value is -2.90. The first kappa shape index (κ1) is 31.0. The Morgan fingerprint density at radius 1 is 1.05 bits per heavy atom. The summed E-state index contributed by atoms with van der Waals surface area (Å²) < 4.78 is 27.0. The summed E-state index contributed by atoms with van der Waals surface area (Å²) in [6.45, 7) is -0.671. The summed E-state index contributed by atoms with van der Waals surface area (Å²) in [5, 5.41) is 22.0. The number of hydrogen-bond acceptors (Lipinski definition) is 9. The van der Waals surface area contributed by atoms with E-state index in [2.05, 4.69) is 15.6 Å². The minimum absolute atomic E-state index is 0.0182. The van der Waals surface area contributed by atoms with E-state index in [9.17, 15) is 27.9 Å². The Labute approximate surface area is 247 Å². The monoisotopic (exact) mass is 621 g/mol. The molecule has 1 fully saturated rings. The maximum Gasteiger partial charge on any atom is 0.245 e. The van der Waals surface area contributed by atoms with Gasteiger partial charge >= 0.3 is 0 Å². The Morgan fingerprint density at radius 2 is 1.76 bits per heavy atom. The van der Waals surface area contributed by atoms with Crippen LogP contribution in [-0.2, 0) is 19.4 Å². The molecule has 1 heterocycles. The number of unbranched alkanes of at least 4 members (excludes halogenated alkanes) is 1. The molecule has 41 heavy (non-hydrogen) atoms. The van der Waals surface area contributed by atoms with E-state index in [1.165, 1.54) is 0 Å². The molecule has 13 heteroatoms. The van der Waals surface area contributed by atoms with Crippen molar-refractivity contribution in [2.45, 2.75) is 49.8 Å². The summed E-state index contributed by atoms with van der Waals surface area (Å²) in [5.41, 5.74) is 2.35. The molecule has 220 valence electrons. The third kappa shape index (κ3) is 8.10. The van der Waals surface area contributed by atoms with Gasteiger partial charge in [0.2, 0.25) is 11.8 Å². The molecule has 1 aliphatic carbocycles. The van der Waals surface area contributed by atoms with Crippen molar-refractivity contribution in [1.29, 1.82) is 0 Å². The van der Waals surface area contributed by atoms with Crippen LogP contribution in [0.3, 0.4) is 0 Å². The van der Waals surface area contributed by atoms with Crippen molar-refractivity contribution >= 4 is 60.6 Å². The number of nitrogens with zero attached hydrogens (tertiary/aromatic N) is 1. The number of ketones is 1. The van der Waals surface area contributed by atoms with Crippen molar-refractivity contribution in [3.8, 4) is 11.1 Å². The summed E-state index contributed by atoms with van der Waals surface area (Å²) in [6, 6.07) is 10.4. The highest BCUT2D eigenvalue weighted by atomic mass is 35.5. The molecule has 2 amide bonds. The summed E-state index contributed by atoms with van der Waals surface area (Å²) in [5.74, 6) is -1.71. The Kier molecular flexibility index (Phi) is 10.5. The normalized spacial score (nSPS) is 14.1. The van der Waals surface area contributed by atoms with Crippen molar-refractivity contribution in [1.82, 2.24) is 15.6 Å². The van der Waals surface area contributed by atoms with Crippen molar-refractivity contribution in [3.05, 3.63) is 52.0 Å². The second kappa shape index (κ2) is 13.8. The number of nitrogens with one attached hydrogen (secondary N) is 2. The predicted molar refractivity (Wildman–Crippen MR) is 158 cm³/mol. The molecule has 1 saturated carbocycles. The number of amides is 2. The number of fused-ring (bicyclic) bond motifs is 1. The first-order valence-electron chi connectivity index (χ1n) is 13.4. The number of aliphatic hydroxyl groups excluding tert-OH is 2. The van der Waals surface area contributed by atoms with E-state index in [1.807, 2.05) is 0 Å². The van der Waals surface area contributed by atoms with Crippen LogP contribution in [0.5, 0.6) is 0 Å². The number of sulfone groups is 1. The van der Waals surface area contributed by atoms with Crippen LogP contribution in [0.4, 0.5) is 0 Å². The molecule has 0 saturated heterocycles. The van der Waals surface area contributed by atoms with E-state index < -0.39 is 32.7 Å². The highest BCUT2D eigenvalue weighted by Crippen LogP contribution is 2.38. The zero-order valence-electron chi connectivity index (χ0n) is 22.3. The average Bonchev–Trinajstić information content (AvgIpc) is 3.67. The molecule has 0 bridgehead atoms. The van der Waals surface area contributed by atoms with E-state index in [4.69, 9.17) is 16.7 Å². The molecule has 1 atom stereocenters. The number of carbonyl (C=O) groups excluding carboxylic acids is 3. The first-order chi connectivity index (χ1) is 19.6. The Balaban J connectivity index is 1.59. The third-order valence-electron chi connectivity index (χ3n) is 6.60. The molecule has 1 unspecified atom stereocenters. The standard InChI is InChI=1S/C28H32ClN3O7S2/c29-21-15-22-24(14-20(21)17-5-7-18(8-6-17)23(35)4-1-2-11-33)40-28(32-22)26(41(38,39)13-3-12-34)27(37)30-16-25(36)31-19-9-10-19/h5-8,14-15,19,26,33-34H,1-4,9-13,16H2,(H,30,37)(H,31,36). The van der Waals surface area contributed by atoms with Gasteiger partial charge < -0.3 is 20.8 Å². The molecule has 0 radical (unpaired) electrons. The fourth-order valence-electron chi connectivity index (χ4n) is 4.26. The fourth-order valence-corrected chi connectivity index (χ4v) is 7.61. The lowest BCUT2D eigenvalue weighted by atomic mass is 10.0. The second-order valence-electron chi connectivity index (χ2n) is 9.92. The van der Waals surface area contributed by atoms with Gasteiger partial charge in [-0.1, -0.05) is 35.9 Å². The minimum Gasteiger partial charge on any atom is -0.396 e. The number of halogens is 1. The second-order valence-corrected chi connectivity index (χ2v) is 13.6. The van der Waals surface area contributed by atoms with Gasteiger partial charge in [0.1, 0.15) is 5.01 Å². The van der Waals surface area contributed by atoms with Crippen molar-refractivity contribution in [3.63, 3.8) is 0 Å². The maximum atomic E-state index is 13.2. The average molecular weight is 622 g/mol. The van der Waals surface area contributed by atoms with Gasteiger partial charge in [0.25, 0.3) is 0 Å². The van der Waals surface area contributed by atoms with Crippen LogP contribution in [0.25, 0.3) is 21.3 Å². The Bertz CT molecular complexity index is 1520. The van der Waals surface area contributed by atoms with Crippen LogP contribution in [0.1, 0.15) is 59.1 Å². The van der Waals surface area contributed by atoms with Gasteiger partial charge in [-0.2, -0.15) is 0 Å². The molecule has 10 nitrogen and oxygen atoms in total. The van der Waals surface area contributed by atoms with Gasteiger partial charge in [-0.15, -0.1) is 11.3 Å². The van der Waals surface area contributed by atoms with Crippen molar-refractivity contribution < 1.29 is 33.0 Å².